The molecule has 0 aliphatic heterocycles. The first-order valence-corrected chi connectivity index (χ1v) is 7.35. The standard InChI is InChI=1S/C11H12ClFN4O2S/c1-6-10(11(14)15-17(6)2)20(18,19)16-9-4-3-7(13)5-8(9)12/h3-5,16H,1-2H3,(H2,14,15). The van der Waals surface area contributed by atoms with Gasteiger partial charge in [0.25, 0.3) is 10.0 Å². The lowest BCUT2D eigenvalue weighted by Crippen LogP contribution is -2.15. The summed E-state index contributed by atoms with van der Waals surface area (Å²) in [6, 6.07) is 3.35. The minimum atomic E-state index is -3.95. The number of benzene rings is 1. The van der Waals surface area contributed by atoms with Crippen LogP contribution in [0.15, 0.2) is 23.1 Å². The predicted octanol–water partition coefficient (Wildman–Crippen LogP) is 1.90. The molecule has 20 heavy (non-hydrogen) atoms. The Kier molecular flexibility index (Phi) is 3.61. The van der Waals surface area contributed by atoms with Gasteiger partial charge in [-0.25, -0.2) is 12.8 Å². The number of sulfonamides is 1. The third-order valence-electron chi connectivity index (χ3n) is 2.75. The summed E-state index contributed by atoms with van der Waals surface area (Å²) in [5.74, 6) is -0.675. The van der Waals surface area contributed by atoms with Gasteiger partial charge in [-0.1, -0.05) is 11.6 Å². The molecular weight excluding hydrogens is 307 g/mol. The molecule has 0 radical (unpaired) electrons. The summed E-state index contributed by atoms with van der Waals surface area (Å²) in [6.45, 7) is 1.57. The molecule has 0 spiro atoms. The number of nitrogens with one attached hydrogen (secondary N) is 1. The smallest absolute Gasteiger partial charge is 0.267 e. The third-order valence-corrected chi connectivity index (χ3v) is 4.59. The predicted molar refractivity (Wildman–Crippen MR) is 74.6 cm³/mol. The molecule has 0 saturated carbocycles. The molecule has 2 aromatic rings. The van der Waals surface area contributed by atoms with E-state index in [-0.39, 0.29) is 21.4 Å². The Bertz CT molecular complexity index is 773. The van der Waals surface area contributed by atoms with Crippen molar-refractivity contribution < 1.29 is 12.8 Å². The summed E-state index contributed by atoms with van der Waals surface area (Å²) in [4.78, 5) is -0.125. The number of nitrogens with two attached hydrogens (primary N) is 1. The summed E-state index contributed by atoms with van der Waals surface area (Å²) in [6.07, 6.45) is 0. The maximum Gasteiger partial charge on any atom is 0.267 e. The van der Waals surface area contributed by atoms with Crippen LogP contribution in [-0.2, 0) is 17.1 Å². The Balaban J connectivity index is 2.46. The molecule has 0 amide bonds. The molecule has 0 fully saturated rings. The highest BCUT2D eigenvalue weighted by Gasteiger charge is 2.25. The van der Waals surface area contributed by atoms with Crippen LogP contribution in [0.2, 0.25) is 5.02 Å². The zero-order chi connectivity index (χ0) is 15.1. The lowest BCUT2D eigenvalue weighted by atomic mass is 10.3. The summed E-state index contributed by atoms with van der Waals surface area (Å²) in [5, 5.41) is 3.79. The molecule has 6 nitrogen and oxygen atoms in total. The van der Waals surface area contributed by atoms with Crippen LogP contribution in [0.25, 0.3) is 0 Å². The first kappa shape index (κ1) is 14.6. The number of anilines is 2. The molecule has 1 aromatic carbocycles. The Morgan fingerprint density at radius 2 is 2.10 bits per heavy atom. The van der Waals surface area contributed by atoms with Gasteiger partial charge in [0.05, 0.1) is 16.4 Å². The minimum absolute atomic E-state index is 0.0475. The van der Waals surface area contributed by atoms with E-state index in [1.165, 1.54) is 10.7 Å². The van der Waals surface area contributed by atoms with E-state index in [9.17, 15) is 12.8 Å². The molecular formula is C11H12ClFN4O2S. The fourth-order valence-corrected chi connectivity index (χ4v) is 3.39. The number of nitrogen functional groups attached to an aromatic ring is 1. The lowest BCUT2D eigenvalue weighted by molar-refractivity contribution is 0.600. The number of rotatable bonds is 3. The Morgan fingerprint density at radius 3 is 2.60 bits per heavy atom. The Hall–Kier alpha value is -1.80. The number of hydrogen-bond donors (Lipinski definition) is 2. The highest BCUT2D eigenvalue weighted by atomic mass is 35.5. The summed E-state index contributed by atoms with van der Waals surface area (Å²) >= 11 is 5.79. The monoisotopic (exact) mass is 318 g/mol. The number of aromatic nitrogens is 2. The van der Waals surface area contributed by atoms with Crippen LogP contribution in [-0.4, -0.2) is 18.2 Å². The fraction of sp³-hybridized carbons (Fsp3) is 0.182. The van der Waals surface area contributed by atoms with E-state index in [0.29, 0.717) is 5.69 Å². The van der Waals surface area contributed by atoms with Gasteiger partial charge in [0.1, 0.15) is 5.82 Å². The Morgan fingerprint density at radius 1 is 1.45 bits per heavy atom. The second kappa shape index (κ2) is 4.95. The average Bonchev–Trinajstić information content (AvgIpc) is 2.57. The van der Waals surface area contributed by atoms with Gasteiger partial charge >= 0.3 is 0 Å². The van der Waals surface area contributed by atoms with Crippen molar-refractivity contribution in [1.82, 2.24) is 9.78 Å². The largest absolute Gasteiger partial charge is 0.381 e. The fourth-order valence-electron chi connectivity index (χ4n) is 1.71. The number of halogens is 2. The van der Waals surface area contributed by atoms with Crippen LogP contribution < -0.4 is 10.5 Å². The SMILES string of the molecule is Cc1c(S(=O)(=O)Nc2ccc(F)cc2Cl)c(N)nn1C. The zero-order valence-corrected chi connectivity index (χ0v) is 12.3. The van der Waals surface area contributed by atoms with Gasteiger partial charge < -0.3 is 5.73 Å². The van der Waals surface area contributed by atoms with Crippen LogP contribution in [0.4, 0.5) is 15.9 Å². The van der Waals surface area contributed by atoms with Gasteiger partial charge in [0.2, 0.25) is 0 Å². The summed E-state index contributed by atoms with van der Waals surface area (Å²) in [5.41, 5.74) is 6.05. The lowest BCUT2D eigenvalue weighted by Gasteiger charge is -2.09. The minimum Gasteiger partial charge on any atom is -0.381 e. The van der Waals surface area contributed by atoms with Crippen LogP contribution in [0.1, 0.15) is 5.69 Å². The topological polar surface area (TPSA) is 90.0 Å². The Labute approximate surface area is 120 Å². The van der Waals surface area contributed by atoms with Crippen molar-refractivity contribution in [1.29, 1.82) is 0 Å². The average molecular weight is 319 g/mol. The first-order valence-electron chi connectivity index (χ1n) is 5.49. The van der Waals surface area contributed by atoms with Gasteiger partial charge in [-0.15, -0.1) is 0 Å². The van der Waals surface area contributed by atoms with Crippen molar-refractivity contribution in [3.05, 3.63) is 34.7 Å². The van der Waals surface area contributed by atoms with E-state index in [2.05, 4.69) is 9.82 Å². The maximum atomic E-state index is 12.9. The third kappa shape index (κ3) is 2.56. The molecule has 1 heterocycles. The van der Waals surface area contributed by atoms with Crippen LogP contribution in [0.5, 0.6) is 0 Å². The molecule has 9 heteroatoms. The molecule has 0 bridgehead atoms. The number of nitrogens with zero attached hydrogens (tertiary/aromatic N) is 2. The van der Waals surface area contributed by atoms with Crippen molar-refractivity contribution >= 4 is 33.1 Å². The molecule has 0 aliphatic carbocycles. The van der Waals surface area contributed by atoms with Crippen molar-refractivity contribution in [2.45, 2.75) is 11.8 Å². The van der Waals surface area contributed by atoms with E-state index in [1.54, 1.807) is 14.0 Å². The molecule has 108 valence electrons. The molecule has 3 N–H and O–H groups in total. The highest BCUT2D eigenvalue weighted by Crippen LogP contribution is 2.28. The first-order chi connectivity index (χ1) is 9.22. The normalized spacial score (nSPS) is 11.6. The number of hydrogen-bond acceptors (Lipinski definition) is 4. The second-order valence-corrected chi connectivity index (χ2v) is 6.18. The quantitative estimate of drug-likeness (QED) is 0.904. The van der Waals surface area contributed by atoms with E-state index >= 15 is 0 Å². The van der Waals surface area contributed by atoms with Crippen LogP contribution in [0.3, 0.4) is 0 Å². The van der Waals surface area contributed by atoms with Gasteiger partial charge in [-0.05, 0) is 25.1 Å². The highest BCUT2D eigenvalue weighted by molar-refractivity contribution is 7.93. The van der Waals surface area contributed by atoms with Gasteiger partial charge in [0.15, 0.2) is 10.7 Å². The molecule has 0 saturated heterocycles. The molecule has 2 rings (SSSR count). The maximum absolute atomic E-state index is 12.9. The molecule has 0 aliphatic rings. The van der Waals surface area contributed by atoms with Crippen molar-refractivity contribution in [2.75, 3.05) is 10.5 Å². The second-order valence-electron chi connectivity index (χ2n) is 4.15. The van der Waals surface area contributed by atoms with E-state index in [4.69, 9.17) is 17.3 Å². The zero-order valence-electron chi connectivity index (χ0n) is 10.7. The van der Waals surface area contributed by atoms with Crippen LogP contribution in [0, 0.1) is 12.7 Å². The molecule has 0 atom stereocenters. The van der Waals surface area contributed by atoms with Gasteiger partial charge in [0, 0.05) is 7.05 Å². The van der Waals surface area contributed by atoms with Crippen molar-refractivity contribution in [3.8, 4) is 0 Å². The van der Waals surface area contributed by atoms with E-state index in [1.807, 2.05) is 0 Å². The molecule has 0 unspecified atom stereocenters. The number of aryl methyl sites for hydroxylation is 1. The van der Waals surface area contributed by atoms with E-state index in [0.717, 1.165) is 12.1 Å². The van der Waals surface area contributed by atoms with Gasteiger partial charge in [-0.2, -0.15) is 5.10 Å². The van der Waals surface area contributed by atoms with Gasteiger partial charge in [-0.3, -0.25) is 9.40 Å². The summed E-state index contributed by atoms with van der Waals surface area (Å²) in [7, 11) is -2.38. The van der Waals surface area contributed by atoms with Crippen molar-refractivity contribution in [2.24, 2.45) is 7.05 Å². The summed E-state index contributed by atoms with van der Waals surface area (Å²) < 4.78 is 41.2. The molecule has 1 aromatic heterocycles. The van der Waals surface area contributed by atoms with Crippen LogP contribution >= 0.6 is 11.6 Å². The van der Waals surface area contributed by atoms with E-state index < -0.39 is 15.8 Å². The van der Waals surface area contributed by atoms with Crippen molar-refractivity contribution in [3.63, 3.8) is 0 Å².